The molecule has 5 heteroatoms. The Morgan fingerprint density at radius 3 is 2.31 bits per heavy atom. The lowest BCUT2D eigenvalue weighted by Gasteiger charge is -2.39. The van der Waals surface area contributed by atoms with Crippen LogP contribution in [0.4, 0.5) is 11.4 Å². The van der Waals surface area contributed by atoms with Crippen LogP contribution in [0.3, 0.4) is 0 Å². The van der Waals surface area contributed by atoms with E-state index in [4.69, 9.17) is 4.74 Å². The highest BCUT2D eigenvalue weighted by atomic mass is 16.5. The molecule has 146 valence electrons. The monoisotopic (exact) mass is 386 g/mol. The molecule has 0 saturated carbocycles. The third-order valence-electron chi connectivity index (χ3n) is 4.85. The number of nitrogens with zero attached hydrogens (tertiary/aromatic N) is 1. The lowest BCUT2D eigenvalue weighted by molar-refractivity contribution is -0.132. The van der Waals surface area contributed by atoms with Gasteiger partial charge in [-0.15, -0.1) is 0 Å². The third kappa shape index (κ3) is 3.85. The van der Waals surface area contributed by atoms with Crippen molar-refractivity contribution in [3.05, 3.63) is 90.0 Å². The van der Waals surface area contributed by atoms with Crippen LogP contribution in [-0.2, 0) is 11.3 Å². The van der Waals surface area contributed by atoms with Gasteiger partial charge in [0.15, 0.2) is 5.60 Å². The molecular weight excluding hydrogens is 364 g/mol. The third-order valence-corrected chi connectivity index (χ3v) is 4.85. The molecule has 2 amide bonds. The van der Waals surface area contributed by atoms with Gasteiger partial charge in [-0.1, -0.05) is 48.5 Å². The van der Waals surface area contributed by atoms with E-state index in [1.165, 1.54) is 0 Å². The smallest absolute Gasteiger partial charge is 0.271 e. The minimum atomic E-state index is -0.977. The van der Waals surface area contributed by atoms with E-state index in [-0.39, 0.29) is 11.8 Å². The second-order valence-corrected chi connectivity index (χ2v) is 7.49. The highest BCUT2D eigenvalue weighted by Gasteiger charge is 2.41. The van der Waals surface area contributed by atoms with Crippen molar-refractivity contribution >= 4 is 23.2 Å². The van der Waals surface area contributed by atoms with Gasteiger partial charge in [0, 0.05) is 11.3 Å². The summed E-state index contributed by atoms with van der Waals surface area (Å²) in [5.41, 5.74) is 1.80. The van der Waals surface area contributed by atoms with E-state index < -0.39 is 5.60 Å². The quantitative estimate of drug-likeness (QED) is 0.710. The first-order chi connectivity index (χ1) is 13.9. The molecule has 1 N–H and O–H groups in total. The molecular formula is C24H22N2O3. The van der Waals surface area contributed by atoms with Crippen LogP contribution in [0.1, 0.15) is 29.8 Å². The molecule has 0 radical (unpaired) electrons. The molecule has 5 nitrogen and oxygen atoms in total. The summed E-state index contributed by atoms with van der Waals surface area (Å²) in [5.74, 6) is 0.201. The summed E-state index contributed by atoms with van der Waals surface area (Å²) in [7, 11) is 0. The predicted octanol–water partition coefficient (Wildman–Crippen LogP) is 4.64. The summed E-state index contributed by atoms with van der Waals surface area (Å²) < 4.78 is 5.93. The van der Waals surface area contributed by atoms with Gasteiger partial charge in [-0.25, -0.2) is 0 Å². The number of amides is 2. The van der Waals surface area contributed by atoms with Crippen LogP contribution in [0, 0.1) is 0 Å². The van der Waals surface area contributed by atoms with Gasteiger partial charge < -0.3 is 15.0 Å². The number of para-hydroxylation sites is 1. The van der Waals surface area contributed by atoms with E-state index in [2.05, 4.69) is 5.32 Å². The maximum absolute atomic E-state index is 13.1. The number of rotatable bonds is 4. The Labute approximate surface area is 169 Å². The normalized spacial score (nSPS) is 14.7. The molecule has 0 unspecified atom stereocenters. The Morgan fingerprint density at radius 2 is 1.62 bits per heavy atom. The van der Waals surface area contributed by atoms with E-state index in [1.54, 1.807) is 36.9 Å². The lowest BCUT2D eigenvalue weighted by Crippen LogP contribution is -2.52. The Hall–Kier alpha value is -3.60. The number of hydrogen-bond acceptors (Lipinski definition) is 3. The number of hydrogen-bond donors (Lipinski definition) is 1. The molecule has 0 bridgehead atoms. The molecule has 3 aromatic carbocycles. The van der Waals surface area contributed by atoms with Crippen LogP contribution in [0.2, 0.25) is 0 Å². The fraction of sp³-hybridized carbons (Fsp3) is 0.167. The number of anilines is 2. The molecule has 0 fully saturated rings. The Bertz CT molecular complexity index is 1050. The van der Waals surface area contributed by atoms with E-state index in [0.717, 1.165) is 5.56 Å². The minimum Gasteiger partial charge on any atom is -0.476 e. The maximum atomic E-state index is 13.1. The minimum absolute atomic E-state index is 0.144. The fourth-order valence-corrected chi connectivity index (χ4v) is 3.36. The van der Waals surface area contributed by atoms with Crippen LogP contribution in [-0.4, -0.2) is 17.4 Å². The number of ether oxygens (including phenoxy) is 1. The molecule has 0 atom stereocenters. The van der Waals surface area contributed by atoms with Gasteiger partial charge in [-0.2, -0.15) is 0 Å². The van der Waals surface area contributed by atoms with Crippen LogP contribution < -0.4 is 15.0 Å². The molecule has 0 aliphatic carbocycles. The summed E-state index contributed by atoms with van der Waals surface area (Å²) >= 11 is 0. The second-order valence-electron chi connectivity index (χ2n) is 7.49. The fourth-order valence-electron chi connectivity index (χ4n) is 3.36. The van der Waals surface area contributed by atoms with Crippen molar-refractivity contribution in [1.29, 1.82) is 0 Å². The van der Waals surface area contributed by atoms with Gasteiger partial charge in [0.25, 0.3) is 11.8 Å². The Kier molecular flexibility index (Phi) is 4.80. The highest BCUT2D eigenvalue weighted by Crippen LogP contribution is 2.39. The molecule has 0 saturated heterocycles. The van der Waals surface area contributed by atoms with Crippen LogP contribution >= 0.6 is 0 Å². The maximum Gasteiger partial charge on any atom is 0.271 e. The van der Waals surface area contributed by atoms with Crippen molar-refractivity contribution in [2.45, 2.75) is 26.0 Å². The van der Waals surface area contributed by atoms with Crippen LogP contribution in [0.5, 0.6) is 5.75 Å². The number of carbonyl (C=O) groups is 2. The first kappa shape index (κ1) is 18.7. The van der Waals surface area contributed by atoms with Crippen molar-refractivity contribution in [3.63, 3.8) is 0 Å². The SMILES string of the molecule is CC1(C)Oc2ccc(C(=O)Nc3ccccc3)cc2N(Cc2ccccc2)C1=O. The van der Waals surface area contributed by atoms with Crippen molar-refractivity contribution in [1.82, 2.24) is 0 Å². The van der Waals surface area contributed by atoms with E-state index in [1.807, 2.05) is 60.7 Å². The summed E-state index contributed by atoms with van der Waals surface area (Å²) in [5, 5.41) is 2.87. The second kappa shape index (κ2) is 7.43. The van der Waals surface area contributed by atoms with Gasteiger partial charge in [0.05, 0.1) is 12.2 Å². The van der Waals surface area contributed by atoms with Crippen LogP contribution in [0.25, 0.3) is 0 Å². The van der Waals surface area contributed by atoms with Gasteiger partial charge in [-0.05, 0) is 49.7 Å². The predicted molar refractivity (Wildman–Crippen MR) is 113 cm³/mol. The summed E-state index contributed by atoms with van der Waals surface area (Å²) in [6, 6.07) is 24.2. The molecule has 1 heterocycles. The first-order valence-corrected chi connectivity index (χ1v) is 9.49. The Balaban J connectivity index is 1.68. The summed E-state index contributed by atoms with van der Waals surface area (Å²) in [6.07, 6.45) is 0. The lowest BCUT2D eigenvalue weighted by atomic mass is 10.0. The number of fused-ring (bicyclic) bond motifs is 1. The zero-order valence-corrected chi connectivity index (χ0v) is 16.4. The number of benzene rings is 3. The number of carbonyl (C=O) groups excluding carboxylic acids is 2. The molecule has 0 spiro atoms. The van der Waals surface area contributed by atoms with Crippen molar-refractivity contribution in [2.75, 3.05) is 10.2 Å². The van der Waals surface area contributed by atoms with Crippen molar-refractivity contribution in [3.8, 4) is 5.75 Å². The first-order valence-electron chi connectivity index (χ1n) is 9.49. The number of nitrogens with one attached hydrogen (secondary N) is 1. The molecule has 4 rings (SSSR count). The van der Waals surface area contributed by atoms with Crippen molar-refractivity contribution < 1.29 is 14.3 Å². The zero-order chi connectivity index (χ0) is 20.4. The van der Waals surface area contributed by atoms with E-state index in [9.17, 15) is 9.59 Å². The summed E-state index contributed by atoms with van der Waals surface area (Å²) in [6.45, 7) is 3.92. The average Bonchev–Trinajstić information content (AvgIpc) is 2.72. The van der Waals surface area contributed by atoms with Gasteiger partial charge >= 0.3 is 0 Å². The molecule has 3 aromatic rings. The largest absolute Gasteiger partial charge is 0.476 e. The van der Waals surface area contributed by atoms with Gasteiger partial charge in [0.1, 0.15) is 5.75 Å². The average molecular weight is 386 g/mol. The Morgan fingerprint density at radius 1 is 0.966 bits per heavy atom. The van der Waals surface area contributed by atoms with Gasteiger partial charge in [-0.3, -0.25) is 9.59 Å². The topological polar surface area (TPSA) is 58.6 Å². The van der Waals surface area contributed by atoms with Gasteiger partial charge in [0.2, 0.25) is 0 Å². The van der Waals surface area contributed by atoms with E-state index in [0.29, 0.717) is 29.2 Å². The van der Waals surface area contributed by atoms with E-state index >= 15 is 0 Å². The molecule has 29 heavy (non-hydrogen) atoms. The summed E-state index contributed by atoms with van der Waals surface area (Å²) in [4.78, 5) is 27.5. The molecule has 1 aliphatic heterocycles. The standard InChI is InChI=1S/C24H22N2O3/c1-24(2)23(28)26(16-17-9-5-3-6-10-17)20-15-18(13-14-21(20)29-24)22(27)25-19-11-7-4-8-12-19/h3-15H,16H2,1-2H3,(H,25,27). The highest BCUT2D eigenvalue weighted by molar-refractivity contribution is 6.07. The molecule has 1 aliphatic rings. The zero-order valence-electron chi connectivity index (χ0n) is 16.4. The molecule has 0 aromatic heterocycles. The van der Waals surface area contributed by atoms with Crippen molar-refractivity contribution in [2.24, 2.45) is 0 Å². The van der Waals surface area contributed by atoms with Crippen LogP contribution in [0.15, 0.2) is 78.9 Å².